The molecule has 114 valence electrons. The second kappa shape index (κ2) is 6.06. The van der Waals surface area contributed by atoms with Gasteiger partial charge in [0, 0.05) is 5.56 Å². The van der Waals surface area contributed by atoms with Gasteiger partial charge in [0.1, 0.15) is 18.2 Å². The van der Waals surface area contributed by atoms with Crippen molar-refractivity contribution in [2.45, 2.75) is 56.7 Å². The molecule has 1 aromatic carbocycles. The lowest BCUT2D eigenvalue weighted by molar-refractivity contribution is -0.0748. The van der Waals surface area contributed by atoms with Gasteiger partial charge in [-0.25, -0.2) is 0 Å². The van der Waals surface area contributed by atoms with E-state index in [2.05, 4.69) is 0 Å². The zero-order valence-electron chi connectivity index (χ0n) is 12.4. The van der Waals surface area contributed by atoms with Gasteiger partial charge in [-0.2, -0.15) is 0 Å². The normalized spacial score (nSPS) is 24.1. The number of nitrogens with two attached hydrogens (primary N) is 1. The predicted octanol–water partition coefficient (Wildman–Crippen LogP) is 3.23. The molecule has 0 amide bonds. The summed E-state index contributed by atoms with van der Waals surface area (Å²) >= 11 is 0. The number of nitrogen functional groups attached to an aromatic ring is 1. The third-order valence-electron chi connectivity index (χ3n) is 4.70. The maximum Gasteiger partial charge on any atom is 0.122 e. The van der Waals surface area contributed by atoms with Crippen LogP contribution in [0.5, 0.6) is 5.75 Å². The topological polar surface area (TPSA) is 68.3 Å². The van der Waals surface area contributed by atoms with Crippen LogP contribution in [0.4, 0.5) is 0 Å². The van der Waals surface area contributed by atoms with Gasteiger partial charge in [-0.15, -0.1) is 0 Å². The van der Waals surface area contributed by atoms with Gasteiger partial charge in [0.25, 0.3) is 0 Å². The zero-order valence-corrected chi connectivity index (χ0v) is 12.4. The summed E-state index contributed by atoms with van der Waals surface area (Å²) in [4.78, 5) is 0. The van der Waals surface area contributed by atoms with E-state index in [0.29, 0.717) is 6.61 Å². The van der Waals surface area contributed by atoms with Gasteiger partial charge in [-0.05, 0) is 49.9 Å². The Balaban J connectivity index is 1.50. The second-order valence-electron chi connectivity index (χ2n) is 6.27. The van der Waals surface area contributed by atoms with E-state index in [1.807, 2.05) is 24.3 Å². The van der Waals surface area contributed by atoms with E-state index in [9.17, 15) is 0 Å². The fourth-order valence-corrected chi connectivity index (χ4v) is 3.50. The Hall–Kier alpha value is -1.55. The molecule has 2 aliphatic rings. The largest absolute Gasteiger partial charge is 0.491 e. The minimum atomic E-state index is 0.0833. The molecule has 1 aliphatic carbocycles. The van der Waals surface area contributed by atoms with Crippen LogP contribution >= 0.6 is 0 Å². The third kappa shape index (κ3) is 3.38. The average molecular weight is 288 g/mol. The molecule has 0 aromatic heterocycles. The van der Waals surface area contributed by atoms with Gasteiger partial charge in [-0.3, -0.25) is 5.41 Å². The summed E-state index contributed by atoms with van der Waals surface area (Å²) < 4.78 is 12.1. The van der Waals surface area contributed by atoms with E-state index in [0.717, 1.165) is 17.7 Å². The van der Waals surface area contributed by atoms with Gasteiger partial charge < -0.3 is 15.2 Å². The van der Waals surface area contributed by atoms with Gasteiger partial charge in [-0.1, -0.05) is 19.3 Å². The maximum absolute atomic E-state index is 7.37. The molecule has 0 bridgehead atoms. The summed E-state index contributed by atoms with van der Waals surface area (Å²) in [7, 11) is 0. The minimum Gasteiger partial charge on any atom is -0.491 e. The highest BCUT2D eigenvalue weighted by atomic mass is 16.6. The molecule has 1 heterocycles. The van der Waals surface area contributed by atoms with E-state index in [1.54, 1.807) is 0 Å². The van der Waals surface area contributed by atoms with Crippen LogP contribution in [0.3, 0.4) is 0 Å². The molecule has 0 radical (unpaired) electrons. The molecule has 3 rings (SSSR count). The molecule has 3 N–H and O–H groups in total. The van der Waals surface area contributed by atoms with E-state index >= 15 is 0 Å². The van der Waals surface area contributed by atoms with E-state index in [-0.39, 0.29) is 17.5 Å². The monoisotopic (exact) mass is 288 g/mol. The van der Waals surface area contributed by atoms with Crippen molar-refractivity contribution in [2.75, 3.05) is 6.61 Å². The standard InChI is InChI=1S/C17H24N2O2/c18-16(19)13-4-6-14(7-5-13)20-12-15-8-11-17(21-15)9-2-1-3-10-17/h4-7,15H,1-3,8-12H2,(H3,18,19). The second-order valence-corrected chi connectivity index (χ2v) is 6.27. The van der Waals surface area contributed by atoms with Crippen LogP contribution in [0.2, 0.25) is 0 Å². The van der Waals surface area contributed by atoms with E-state index in [1.165, 1.54) is 38.5 Å². The highest BCUT2D eigenvalue weighted by molar-refractivity contribution is 5.94. The number of rotatable bonds is 4. The SMILES string of the molecule is N=C(N)c1ccc(OCC2CCC3(CCCCC3)O2)cc1. The van der Waals surface area contributed by atoms with Gasteiger partial charge in [0.2, 0.25) is 0 Å². The number of amidine groups is 1. The Morgan fingerprint density at radius 1 is 1.19 bits per heavy atom. The molecule has 4 heteroatoms. The number of ether oxygens (including phenoxy) is 2. The molecule has 1 spiro atoms. The molecule has 1 saturated carbocycles. The first-order chi connectivity index (χ1) is 10.2. The number of nitrogens with one attached hydrogen (secondary N) is 1. The number of benzene rings is 1. The van der Waals surface area contributed by atoms with Crippen molar-refractivity contribution >= 4 is 5.84 Å². The first kappa shape index (κ1) is 14.4. The summed E-state index contributed by atoms with van der Waals surface area (Å²) in [5.41, 5.74) is 6.32. The fourth-order valence-electron chi connectivity index (χ4n) is 3.50. The lowest BCUT2D eigenvalue weighted by Gasteiger charge is -2.33. The van der Waals surface area contributed by atoms with Crippen LogP contribution in [0.15, 0.2) is 24.3 Å². The van der Waals surface area contributed by atoms with E-state index in [4.69, 9.17) is 20.6 Å². The van der Waals surface area contributed by atoms with Crippen LogP contribution in [0.25, 0.3) is 0 Å². The van der Waals surface area contributed by atoms with Crippen molar-refractivity contribution in [3.05, 3.63) is 29.8 Å². The minimum absolute atomic E-state index is 0.0833. The molecule has 1 atom stereocenters. The molecule has 1 aliphatic heterocycles. The van der Waals surface area contributed by atoms with Gasteiger partial charge in [0.15, 0.2) is 0 Å². The summed E-state index contributed by atoms with van der Waals surface area (Å²) in [5, 5.41) is 7.37. The highest BCUT2D eigenvalue weighted by Crippen LogP contribution is 2.41. The highest BCUT2D eigenvalue weighted by Gasteiger charge is 2.40. The smallest absolute Gasteiger partial charge is 0.122 e. The molecule has 1 saturated heterocycles. The molecular weight excluding hydrogens is 264 g/mol. The quantitative estimate of drug-likeness (QED) is 0.660. The summed E-state index contributed by atoms with van der Waals surface area (Å²) in [5.74, 6) is 0.896. The molecule has 4 nitrogen and oxygen atoms in total. The Morgan fingerprint density at radius 3 is 2.57 bits per heavy atom. The Kier molecular flexibility index (Phi) is 4.15. The Labute approximate surface area is 126 Å². The summed E-state index contributed by atoms with van der Waals surface area (Å²) in [6.07, 6.45) is 8.91. The van der Waals surface area contributed by atoms with Crippen LogP contribution in [-0.2, 0) is 4.74 Å². The molecule has 1 aromatic rings. The van der Waals surface area contributed by atoms with Crippen molar-refractivity contribution in [1.29, 1.82) is 5.41 Å². The summed E-state index contributed by atoms with van der Waals surface area (Å²) in [6.45, 7) is 0.612. The molecule has 2 fully saturated rings. The van der Waals surface area contributed by atoms with Crippen LogP contribution < -0.4 is 10.5 Å². The van der Waals surface area contributed by atoms with Crippen LogP contribution in [-0.4, -0.2) is 24.1 Å². The van der Waals surface area contributed by atoms with Gasteiger partial charge in [0.05, 0.1) is 11.7 Å². The first-order valence-electron chi connectivity index (χ1n) is 7.92. The van der Waals surface area contributed by atoms with Crippen LogP contribution in [0.1, 0.15) is 50.5 Å². The van der Waals surface area contributed by atoms with Crippen molar-refractivity contribution in [3.8, 4) is 5.75 Å². The molecule has 21 heavy (non-hydrogen) atoms. The lowest BCUT2D eigenvalue weighted by Crippen LogP contribution is -2.32. The van der Waals surface area contributed by atoms with Crippen molar-refractivity contribution in [3.63, 3.8) is 0 Å². The third-order valence-corrected chi connectivity index (χ3v) is 4.70. The predicted molar refractivity (Wildman–Crippen MR) is 82.9 cm³/mol. The maximum atomic E-state index is 7.37. The number of hydrogen-bond acceptors (Lipinski definition) is 3. The van der Waals surface area contributed by atoms with E-state index < -0.39 is 0 Å². The fraction of sp³-hybridized carbons (Fsp3) is 0.588. The summed E-state index contributed by atoms with van der Waals surface area (Å²) in [6, 6.07) is 7.36. The zero-order chi connectivity index (χ0) is 14.7. The Morgan fingerprint density at radius 2 is 1.90 bits per heavy atom. The number of hydrogen-bond donors (Lipinski definition) is 2. The Bertz CT molecular complexity index is 492. The van der Waals surface area contributed by atoms with Gasteiger partial charge >= 0.3 is 0 Å². The van der Waals surface area contributed by atoms with Crippen LogP contribution in [0, 0.1) is 5.41 Å². The molecule has 1 unspecified atom stereocenters. The average Bonchev–Trinajstić information content (AvgIpc) is 2.89. The molecular formula is C17H24N2O2. The van der Waals surface area contributed by atoms with Crippen molar-refractivity contribution in [1.82, 2.24) is 0 Å². The first-order valence-corrected chi connectivity index (χ1v) is 7.92. The van der Waals surface area contributed by atoms with Crippen molar-refractivity contribution in [2.24, 2.45) is 5.73 Å². The lowest BCUT2D eigenvalue weighted by atomic mass is 9.83. The van der Waals surface area contributed by atoms with Crippen molar-refractivity contribution < 1.29 is 9.47 Å².